The van der Waals surface area contributed by atoms with Crippen LogP contribution < -0.4 is 4.90 Å². The summed E-state index contributed by atoms with van der Waals surface area (Å²) >= 11 is 0. The molecule has 1 saturated heterocycles. The Morgan fingerprint density at radius 2 is 2.24 bits per heavy atom. The maximum Gasteiger partial charge on any atom is 0.182 e. The monoisotopic (exact) mass is 337 g/mol. The van der Waals surface area contributed by atoms with E-state index in [0.29, 0.717) is 12.0 Å². The fourth-order valence-corrected chi connectivity index (χ4v) is 3.75. The van der Waals surface area contributed by atoms with Crippen molar-refractivity contribution in [2.45, 2.75) is 19.4 Å². The molecule has 0 aromatic carbocycles. The van der Waals surface area contributed by atoms with Crippen molar-refractivity contribution in [3.63, 3.8) is 0 Å². The summed E-state index contributed by atoms with van der Waals surface area (Å²) in [6.45, 7) is 8.43. The van der Waals surface area contributed by atoms with Gasteiger partial charge in [0, 0.05) is 55.7 Å². The van der Waals surface area contributed by atoms with Gasteiger partial charge >= 0.3 is 0 Å². The van der Waals surface area contributed by atoms with Gasteiger partial charge in [0.05, 0.1) is 11.9 Å². The van der Waals surface area contributed by atoms with Gasteiger partial charge in [0.2, 0.25) is 0 Å². The van der Waals surface area contributed by atoms with E-state index in [1.54, 1.807) is 6.20 Å². The minimum atomic E-state index is 0.383. The van der Waals surface area contributed by atoms with Crippen LogP contribution in [-0.2, 0) is 0 Å². The maximum atomic E-state index is 5.29. The molecule has 2 atom stereocenters. The number of H-pyrrole nitrogens is 1. The van der Waals surface area contributed by atoms with Crippen molar-refractivity contribution in [2.75, 3.05) is 25.0 Å². The Kier molecular flexibility index (Phi) is 3.95. The van der Waals surface area contributed by atoms with Crippen molar-refractivity contribution >= 4 is 22.4 Å². The summed E-state index contributed by atoms with van der Waals surface area (Å²) < 4.78 is 5.29. The Labute approximate surface area is 147 Å². The topological polar surface area (TPSA) is 61.2 Å². The SMILES string of the molecule is C=C(c1ccno1)N1CC[C@@H](C)[C@@H](N(C)c2ccnc3[nH]ccc23)C1. The molecular weight excluding hydrogens is 314 g/mol. The number of pyridine rings is 1. The second kappa shape index (κ2) is 6.27. The van der Waals surface area contributed by atoms with Crippen molar-refractivity contribution < 1.29 is 4.52 Å². The molecule has 0 radical (unpaired) electrons. The molecule has 1 aliphatic heterocycles. The number of hydrogen-bond acceptors (Lipinski definition) is 5. The molecule has 0 amide bonds. The van der Waals surface area contributed by atoms with Gasteiger partial charge in [-0.05, 0) is 24.5 Å². The highest BCUT2D eigenvalue weighted by Gasteiger charge is 2.31. The molecule has 0 spiro atoms. The molecule has 6 nitrogen and oxygen atoms in total. The third-order valence-electron chi connectivity index (χ3n) is 5.34. The van der Waals surface area contributed by atoms with Crippen LogP contribution in [0.15, 0.2) is 47.9 Å². The van der Waals surface area contributed by atoms with Gasteiger partial charge in [-0.25, -0.2) is 4.98 Å². The Balaban J connectivity index is 1.59. The molecule has 3 aromatic heterocycles. The van der Waals surface area contributed by atoms with Crippen LogP contribution in [0.4, 0.5) is 5.69 Å². The van der Waals surface area contributed by atoms with Gasteiger partial charge in [0.1, 0.15) is 5.65 Å². The lowest BCUT2D eigenvalue weighted by Gasteiger charge is -2.43. The molecule has 130 valence electrons. The molecule has 0 bridgehead atoms. The number of likely N-dealkylation sites (tertiary alicyclic amines) is 1. The van der Waals surface area contributed by atoms with E-state index < -0.39 is 0 Å². The van der Waals surface area contributed by atoms with E-state index in [1.807, 2.05) is 18.5 Å². The maximum absolute atomic E-state index is 5.29. The largest absolute Gasteiger partial charge is 0.369 e. The van der Waals surface area contributed by atoms with Crippen LogP contribution in [0.1, 0.15) is 19.1 Å². The second-order valence-electron chi connectivity index (χ2n) is 6.78. The minimum Gasteiger partial charge on any atom is -0.369 e. The van der Waals surface area contributed by atoms with Gasteiger partial charge in [-0.2, -0.15) is 0 Å². The zero-order valence-corrected chi connectivity index (χ0v) is 14.6. The number of likely N-dealkylation sites (N-methyl/N-ethyl adjacent to an activating group) is 1. The predicted molar refractivity (Wildman–Crippen MR) is 99.2 cm³/mol. The summed E-state index contributed by atoms with van der Waals surface area (Å²) in [5.41, 5.74) is 3.04. The van der Waals surface area contributed by atoms with Gasteiger partial charge in [-0.3, -0.25) is 0 Å². The molecule has 1 N–H and O–H groups in total. The van der Waals surface area contributed by atoms with Crippen molar-refractivity contribution in [2.24, 2.45) is 5.92 Å². The van der Waals surface area contributed by atoms with Crippen molar-refractivity contribution in [1.29, 1.82) is 0 Å². The summed E-state index contributed by atoms with van der Waals surface area (Å²) in [4.78, 5) is 12.3. The van der Waals surface area contributed by atoms with E-state index in [0.717, 1.165) is 42.0 Å². The van der Waals surface area contributed by atoms with Crippen LogP contribution in [-0.4, -0.2) is 46.2 Å². The third-order valence-corrected chi connectivity index (χ3v) is 5.34. The lowest BCUT2D eigenvalue weighted by Crippen LogP contribution is -2.50. The zero-order valence-electron chi connectivity index (χ0n) is 14.6. The number of anilines is 1. The van der Waals surface area contributed by atoms with Gasteiger partial charge in [0.25, 0.3) is 0 Å². The van der Waals surface area contributed by atoms with Crippen molar-refractivity contribution in [3.05, 3.63) is 49.1 Å². The van der Waals surface area contributed by atoms with Crippen LogP contribution in [0, 0.1) is 5.92 Å². The van der Waals surface area contributed by atoms with Gasteiger partial charge in [0.15, 0.2) is 5.76 Å². The molecular formula is C19H23N5O. The van der Waals surface area contributed by atoms with Crippen molar-refractivity contribution in [1.82, 2.24) is 20.0 Å². The van der Waals surface area contributed by atoms with Crippen LogP contribution in [0.5, 0.6) is 0 Å². The van der Waals surface area contributed by atoms with Gasteiger partial charge < -0.3 is 19.3 Å². The molecule has 3 aromatic rings. The zero-order chi connectivity index (χ0) is 17.4. The average Bonchev–Trinajstić information content (AvgIpc) is 3.32. The average molecular weight is 337 g/mol. The van der Waals surface area contributed by atoms with E-state index in [2.05, 4.69) is 57.6 Å². The fourth-order valence-electron chi connectivity index (χ4n) is 3.75. The third kappa shape index (κ3) is 2.77. The van der Waals surface area contributed by atoms with E-state index in [4.69, 9.17) is 4.52 Å². The smallest absolute Gasteiger partial charge is 0.182 e. The van der Waals surface area contributed by atoms with Crippen molar-refractivity contribution in [3.8, 4) is 0 Å². The second-order valence-corrected chi connectivity index (χ2v) is 6.78. The number of fused-ring (bicyclic) bond motifs is 1. The minimum absolute atomic E-state index is 0.383. The first-order valence-electron chi connectivity index (χ1n) is 8.65. The molecule has 6 heteroatoms. The van der Waals surface area contributed by atoms with E-state index >= 15 is 0 Å². The molecule has 0 aliphatic carbocycles. The van der Waals surface area contributed by atoms with Gasteiger partial charge in [-0.15, -0.1) is 0 Å². The first-order chi connectivity index (χ1) is 12.1. The number of nitrogens with zero attached hydrogens (tertiary/aromatic N) is 4. The Morgan fingerprint density at radius 3 is 3.04 bits per heavy atom. The molecule has 1 aliphatic rings. The number of aromatic nitrogens is 3. The standard InChI is InChI=1S/C19H23N5O/c1-13-7-11-24(14(2)18-6-10-22-25-18)12-17(13)23(3)16-5-9-21-19-15(16)4-8-20-19/h4-6,8-10,13,17H,2,7,11-12H2,1,3H3,(H,20,21)/t13-,17+/m1/s1. The Morgan fingerprint density at radius 1 is 1.36 bits per heavy atom. The number of nitrogens with one attached hydrogen (secondary N) is 1. The van der Waals surface area contributed by atoms with E-state index in [-0.39, 0.29) is 0 Å². The van der Waals surface area contributed by atoms with Gasteiger partial charge in [-0.1, -0.05) is 18.7 Å². The number of piperidine rings is 1. The lowest BCUT2D eigenvalue weighted by molar-refractivity contribution is 0.225. The fraction of sp³-hybridized carbons (Fsp3) is 0.368. The van der Waals surface area contributed by atoms with Crippen LogP contribution in [0.25, 0.3) is 16.7 Å². The number of aromatic amines is 1. The number of hydrogen-bond donors (Lipinski definition) is 1. The molecule has 25 heavy (non-hydrogen) atoms. The van der Waals surface area contributed by atoms with Crippen LogP contribution in [0.3, 0.4) is 0 Å². The summed E-state index contributed by atoms with van der Waals surface area (Å²) in [5, 5.41) is 4.96. The molecule has 4 rings (SSSR count). The summed E-state index contributed by atoms with van der Waals surface area (Å²) in [6, 6.07) is 6.43. The highest BCUT2D eigenvalue weighted by molar-refractivity contribution is 5.89. The summed E-state index contributed by atoms with van der Waals surface area (Å²) in [7, 11) is 2.17. The highest BCUT2D eigenvalue weighted by Crippen LogP contribution is 2.32. The van der Waals surface area contributed by atoms with E-state index in [9.17, 15) is 0 Å². The Hall–Kier alpha value is -2.76. The number of rotatable bonds is 4. The lowest BCUT2D eigenvalue weighted by atomic mass is 9.91. The summed E-state index contributed by atoms with van der Waals surface area (Å²) in [6.07, 6.45) is 6.58. The highest BCUT2D eigenvalue weighted by atomic mass is 16.5. The quantitative estimate of drug-likeness (QED) is 0.791. The Bertz CT molecular complexity index is 869. The molecule has 0 unspecified atom stereocenters. The van der Waals surface area contributed by atoms with Crippen LogP contribution in [0.2, 0.25) is 0 Å². The first-order valence-corrected chi connectivity index (χ1v) is 8.65. The summed E-state index contributed by atoms with van der Waals surface area (Å²) in [5.74, 6) is 1.33. The van der Waals surface area contributed by atoms with E-state index in [1.165, 1.54) is 5.69 Å². The molecule has 1 fully saturated rings. The molecule has 4 heterocycles. The van der Waals surface area contributed by atoms with Crippen LogP contribution >= 0.6 is 0 Å². The normalized spacial score (nSPS) is 20.8. The first kappa shape index (κ1) is 15.7. The molecule has 0 saturated carbocycles. The predicted octanol–water partition coefficient (Wildman–Crippen LogP) is 3.37.